The van der Waals surface area contributed by atoms with Crippen LogP contribution in [0.3, 0.4) is 0 Å². The SMILES string of the molecule is Cc1c(C(C)(C)C)ccc2c1CCCC2C. The van der Waals surface area contributed by atoms with Gasteiger partial charge in [-0.3, -0.25) is 0 Å². The van der Waals surface area contributed by atoms with Gasteiger partial charge in [0.2, 0.25) is 0 Å². The van der Waals surface area contributed by atoms with Gasteiger partial charge < -0.3 is 0 Å². The third kappa shape index (κ3) is 1.90. The highest BCUT2D eigenvalue weighted by Crippen LogP contribution is 2.37. The number of fused-ring (bicyclic) bond motifs is 1. The molecule has 0 saturated heterocycles. The lowest BCUT2D eigenvalue weighted by Crippen LogP contribution is -2.17. The van der Waals surface area contributed by atoms with E-state index < -0.39 is 0 Å². The maximum Gasteiger partial charge on any atom is -0.0129 e. The average Bonchev–Trinajstić information content (AvgIpc) is 2.18. The topological polar surface area (TPSA) is 0 Å². The predicted molar refractivity (Wildman–Crippen MR) is 71.2 cm³/mol. The first-order chi connectivity index (χ1) is 7.41. The Labute approximate surface area is 100 Å². The smallest absolute Gasteiger partial charge is 0.0129 e. The molecule has 1 unspecified atom stereocenters. The molecule has 88 valence electrons. The number of benzene rings is 1. The van der Waals surface area contributed by atoms with Crippen LogP contribution in [-0.4, -0.2) is 0 Å². The van der Waals surface area contributed by atoms with Gasteiger partial charge in [-0.25, -0.2) is 0 Å². The maximum atomic E-state index is 2.38. The number of hydrogen-bond donors (Lipinski definition) is 0. The molecule has 1 aliphatic rings. The average molecular weight is 216 g/mol. The van der Waals surface area contributed by atoms with Crippen LogP contribution in [0.25, 0.3) is 0 Å². The molecule has 2 rings (SSSR count). The summed E-state index contributed by atoms with van der Waals surface area (Å²) in [5, 5.41) is 0. The van der Waals surface area contributed by atoms with Crippen LogP contribution in [0.4, 0.5) is 0 Å². The zero-order valence-electron chi connectivity index (χ0n) is 11.4. The Morgan fingerprint density at radius 1 is 1.19 bits per heavy atom. The van der Waals surface area contributed by atoms with Crippen LogP contribution < -0.4 is 0 Å². The minimum absolute atomic E-state index is 0.278. The van der Waals surface area contributed by atoms with Gasteiger partial charge in [-0.15, -0.1) is 0 Å². The monoisotopic (exact) mass is 216 g/mol. The van der Waals surface area contributed by atoms with Crippen molar-refractivity contribution in [3.63, 3.8) is 0 Å². The zero-order valence-corrected chi connectivity index (χ0v) is 11.4. The fraction of sp³-hybridized carbons (Fsp3) is 0.625. The van der Waals surface area contributed by atoms with E-state index in [1.807, 2.05) is 0 Å². The second-order valence-corrected chi connectivity index (χ2v) is 6.35. The molecule has 0 fully saturated rings. The number of hydrogen-bond acceptors (Lipinski definition) is 0. The molecule has 0 N–H and O–H groups in total. The van der Waals surface area contributed by atoms with E-state index in [4.69, 9.17) is 0 Å². The molecule has 1 aliphatic carbocycles. The quantitative estimate of drug-likeness (QED) is 0.588. The van der Waals surface area contributed by atoms with Crippen LogP contribution in [0, 0.1) is 6.92 Å². The van der Waals surface area contributed by atoms with E-state index >= 15 is 0 Å². The normalized spacial score (nSPS) is 20.7. The van der Waals surface area contributed by atoms with Crippen molar-refractivity contribution in [2.24, 2.45) is 0 Å². The lowest BCUT2D eigenvalue weighted by molar-refractivity contribution is 0.565. The summed E-state index contributed by atoms with van der Waals surface area (Å²) in [6.45, 7) is 11.6. The predicted octanol–water partition coefficient (Wildman–Crippen LogP) is 4.73. The van der Waals surface area contributed by atoms with Gasteiger partial charge in [0, 0.05) is 0 Å². The second kappa shape index (κ2) is 3.91. The van der Waals surface area contributed by atoms with Gasteiger partial charge in [-0.2, -0.15) is 0 Å². The Hall–Kier alpha value is -0.780. The fourth-order valence-corrected chi connectivity index (χ4v) is 3.12. The standard InChI is InChI=1S/C16H24/c1-11-7-6-8-14-12(2)15(16(3,4)5)10-9-13(11)14/h9-11H,6-8H2,1-5H3. The third-order valence-electron chi connectivity index (χ3n) is 4.04. The van der Waals surface area contributed by atoms with E-state index in [-0.39, 0.29) is 5.41 Å². The molecule has 0 heterocycles. The molecule has 0 aromatic heterocycles. The van der Waals surface area contributed by atoms with Crippen molar-refractivity contribution in [2.45, 2.75) is 65.2 Å². The largest absolute Gasteiger partial charge is 0.0584 e. The molecule has 0 spiro atoms. The van der Waals surface area contributed by atoms with Crippen LogP contribution in [0.1, 0.15) is 68.7 Å². The molecule has 0 heteroatoms. The molecular weight excluding hydrogens is 192 g/mol. The first-order valence-electron chi connectivity index (χ1n) is 6.54. The van der Waals surface area contributed by atoms with Gasteiger partial charge in [0.1, 0.15) is 0 Å². The molecule has 0 saturated carbocycles. The summed E-state index contributed by atoms with van der Waals surface area (Å²) in [7, 11) is 0. The van der Waals surface area contributed by atoms with Crippen LogP contribution in [0.5, 0.6) is 0 Å². The second-order valence-electron chi connectivity index (χ2n) is 6.35. The van der Waals surface area contributed by atoms with Crippen LogP contribution in [0.2, 0.25) is 0 Å². The van der Waals surface area contributed by atoms with E-state index in [2.05, 4.69) is 46.8 Å². The summed E-state index contributed by atoms with van der Waals surface area (Å²) < 4.78 is 0. The van der Waals surface area contributed by atoms with E-state index in [1.165, 1.54) is 24.8 Å². The molecule has 0 amide bonds. The van der Waals surface area contributed by atoms with Crippen molar-refractivity contribution in [2.75, 3.05) is 0 Å². The third-order valence-corrected chi connectivity index (χ3v) is 4.04. The lowest BCUT2D eigenvalue weighted by atomic mass is 9.76. The van der Waals surface area contributed by atoms with Gasteiger partial charge in [0.05, 0.1) is 0 Å². The molecule has 0 radical (unpaired) electrons. The van der Waals surface area contributed by atoms with Crippen molar-refractivity contribution in [3.05, 3.63) is 34.4 Å². The Morgan fingerprint density at radius 2 is 1.88 bits per heavy atom. The first kappa shape index (κ1) is 11.7. The Bertz CT molecular complexity index is 393. The summed E-state index contributed by atoms with van der Waals surface area (Å²) in [5.41, 5.74) is 6.61. The molecule has 16 heavy (non-hydrogen) atoms. The summed E-state index contributed by atoms with van der Waals surface area (Å²) in [4.78, 5) is 0. The van der Waals surface area contributed by atoms with Crippen LogP contribution in [0.15, 0.2) is 12.1 Å². The minimum Gasteiger partial charge on any atom is -0.0584 e. The van der Waals surface area contributed by atoms with Crippen molar-refractivity contribution >= 4 is 0 Å². The highest BCUT2D eigenvalue weighted by atomic mass is 14.3. The van der Waals surface area contributed by atoms with Crippen LogP contribution in [-0.2, 0) is 11.8 Å². The van der Waals surface area contributed by atoms with Gasteiger partial charge in [0.15, 0.2) is 0 Å². The van der Waals surface area contributed by atoms with Gasteiger partial charge in [-0.05, 0) is 59.8 Å². The molecule has 1 aromatic carbocycles. The molecule has 0 bridgehead atoms. The molecule has 0 aliphatic heterocycles. The molecule has 1 aromatic rings. The first-order valence-corrected chi connectivity index (χ1v) is 6.54. The summed E-state index contributed by atoms with van der Waals surface area (Å²) in [5.74, 6) is 0.761. The Balaban J connectivity index is 2.55. The Morgan fingerprint density at radius 3 is 2.50 bits per heavy atom. The van der Waals surface area contributed by atoms with Crippen molar-refractivity contribution in [3.8, 4) is 0 Å². The highest BCUT2D eigenvalue weighted by molar-refractivity contribution is 5.45. The van der Waals surface area contributed by atoms with Crippen molar-refractivity contribution < 1.29 is 0 Å². The molecule has 1 atom stereocenters. The van der Waals surface area contributed by atoms with E-state index in [0.717, 1.165) is 5.92 Å². The van der Waals surface area contributed by atoms with E-state index in [1.54, 1.807) is 16.7 Å². The van der Waals surface area contributed by atoms with Crippen LogP contribution >= 0.6 is 0 Å². The summed E-state index contributed by atoms with van der Waals surface area (Å²) in [6, 6.07) is 4.74. The van der Waals surface area contributed by atoms with Gasteiger partial charge in [-0.1, -0.05) is 39.8 Å². The maximum absolute atomic E-state index is 2.38. The van der Waals surface area contributed by atoms with Crippen molar-refractivity contribution in [1.82, 2.24) is 0 Å². The fourth-order valence-electron chi connectivity index (χ4n) is 3.12. The zero-order chi connectivity index (χ0) is 11.9. The van der Waals surface area contributed by atoms with Crippen molar-refractivity contribution in [1.29, 1.82) is 0 Å². The summed E-state index contributed by atoms with van der Waals surface area (Å²) in [6.07, 6.45) is 4.01. The molecular formula is C16H24. The van der Waals surface area contributed by atoms with E-state index in [0.29, 0.717) is 0 Å². The van der Waals surface area contributed by atoms with Gasteiger partial charge in [0.25, 0.3) is 0 Å². The lowest BCUT2D eigenvalue weighted by Gasteiger charge is -2.29. The Kier molecular flexibility index (Phi) is 2.86. The highest BCUT2D eigenvalue weighted by Gasteiger charge is 2.23. The number of rotatable bonds is 0. The van der Waals surface area contributed by atoms with E-state index in [9.17, 15) is 0 Å². The molecule has 0 nitrogen and oxygen atoms in total. The van der Waals surface area contributed by atoms with Gasteiger partial charge >= 0.3 is 0 Å². The summed E-state index contributed by atoms with van der Waals surface area (Å²) >= 11 is 0. The minimum atomic E-state index is 0.278.